The number of carbonyl (C=O) groups excluding carboxylic acids is 2. The predicted molar refractivity (Wildman–Crippen MR) is 116 cm³/mol. The lowest BCUT2D eigenvalue weighted by Crippen LogP contribution is -2.45. The first-order chi connectivity index (χ1) is 14.8. The van der Waals surface area contributed by atoms with Gasteiger partial charge in [0.15, 0.2) is 6.61 Å². The summed E-state index contributed by atoms with van der Waals surface area (Å²) in [6, 6.07) is 9.35. The van der Waals surface area contributed by atoms with Crippen LogP contribution in [-0.4, -0.2) is 43.7 Å². The highest BCUT2D eigenvalue weighted by Gasteiger charge is 2.40. The van der Waals surface area contributed by atoms with Crippen LogP contribution in [0.4, 0.5) is 5.69 Å². The number of ether oxygens (including phenoxy) is 1. The van der Waals surface area contributed by atoms with Gasteiger partial charge in [-0.25, -0.2) is 8.42 Å². The molecule has 0 aliphatic carbocycles. The van der Waals surface area contributed by atoms with Crippen LogP contribution >= 0.6 is 11.6 Å². The lowest BCUT2D eigenvalue weighted by atomic mass is 10.2. The Labute approximate surface area is 185 Å². The van der Waals surface area contributed by atoms with Crippen molar-refractivity contribution < 1.29 is 22.7 Å². The van der Waals surface area contributed by atoms with Gasteiger partial charge in [0.2, 0.25) is 15.9 Å². The van der Waals surface area contributed by atoms with Gasteiger partial charge < -0.3 is 15.4 Å². The van der Waals surface area contributed by atoms with E-state index in [9.17, 15) is 18.0 Å². The van der Waals surface area contributed by atoms with Crippen LogP contribution in [-0.2, 0) is 26.2 Å². The Kier molecular flexibility index (Phi) is 5.92. The number of halogens is 1. The zero-order chi connectivity index (χ0) is 22.2. The van der Waals surface area contributed by atoms with Crippen molar-refractivity contribution in [1.82, 2.24) is 9.62 Å². The molecular weight excluding hydrogens is 442 g/mol. The molecule has 4 rings (SSSR count). The number of fused-ring (bicyclic) bond motifs is 1. The zero-order valence-corrected chi connectivity index (χ0v) is 18.4. The van der Waals surface area contributed by atoms with Crippen molar-refractivity contribution in [3.8, 4) is 5.75 Å². The van der Waals surface area contributed by atoms with Crippen molar-refractivity contribution in [2.45, 2.75) is 37.2 Å². The monoisotopic (exact) mass is 463 g/mol. The molecule has 2 aromatic rings. The number of rotatable bonds is 5. The van der Waals surface area contributed by atoms with Crippen molar-refractivity contribution >= 4 is 39.1 Å². The second-order valence-electron chi connectivity index (χ2n) is 7.53. The van der Waals surface area contributed by atoms with Crippen molar-refractivity contribution in [3.63, 3.8) is 0 Å². The maximum atomic E-state index is 13.4. The van der Waals surface area contributed by atoms with Crippen molar-refractivity contribution in [1.29, 1.82) is 0 Å². The van der Waals surface area contributed by atoms with E-state index in [2.05, 4.69) is 10.6 Å². The molecule has 2 amide bonds. The Morgan fingerprint density at radius 3 is 2.87 bits per heavy atom. The Balaban J connectivity index is 1.56. The summed E-state index contributed by atoms with van der Waals surface area (Å²) in [5.74, 6) is -0.361. The van der Waals surface area contributed by atoms with E-state index in [1.54, 1.807) is 31.2 Å². The van der Waals surface area contributed by atoms with E-state index < -0.39 is 16.1 Å². The molecule has 1 fully saturated rings. The fourth-order valence-electron chi connectivity index (χ4n) is 3.85. The molecule has 2 aliphatic rings. The van der Waals surface area contributed by atoms with Crippen molar-refractivity contribution in [3.05, 3.63) is 52.5 Å². The first-order valence-electron chi connectivity index (χ1n) is 9.87. The molecule has 2 heterocycles. The summed E-state index contributed by atoms with van der Waals surface area (Å²) < 4.78 is 33.5. The number of nitrogens with zero attached hydrogens (tertiary/aromatic N) is 1. The van der Waals surface area contributed by atoms with Crippen LogP contribution in [0.25, 0.3) is 0 Å². The second kappa shape index (κ2) is 8.49. The molecule has 2 aliphatic heterocycles. The van der Waals surface area contributed by atoms with Gasteiger partial charge in [0.1, 0.15) is 11.8 Å². The van der Waals surface area contributed by atoms with Gasteiger partial charge in [-0.1, -0.05) is 29.8 Å². The summed E-state index contributed by atoms with van der Waals surface area (Å²) in [4.78, 5) is 24.4. The first-order valence-corrected chi connectivity index (χ1v) is 11.7. The topological polar surface area (TPSA) is 105 Å². The van der Waals surface area contributed by atoms with E-state index in [0.29, 0.717) is 34.9 Å². The number of aryl methyl sites for hydroxylation is 1. The molecule has 164 valence electrons. The van der Waals surface area contributed by atoms with E-state index in [0.717, 1.165) is 5.56 Å². The fourth-order valence-corrected chi connectivity index (χ4v) is 5.93. The van der Waals surface area contributed by atoms with Crippen molar-refractivity contribution in [2.75, 3.05) is 18.5 Å². The molecule has 0 radical (unpaired) electrons. The smallest absolute Gasteiger partial charge is 0.262 e. The third kappa shape index (κ3) is 4.26. The van der Waals surface area contributed by atoms with Gasteiger partial charge in [0, 0.05) is 24.2 Å². The largest absolute Gasteiger partial charge is 0.482 e. The van der Waals surface area contributed by atoms with Gasteiger partial charge in [0.05, 0.1) is 10.6 Å². The first kappa shape index (κ1) is 21.6. The summed E-state index contributed by atoms with van der Waals surface area (Å²) in [6.45, 7) is 1.94. The molecule has 0 saturated carbocycles. The average molecular weight is 464 g/mol. The Hall–Kier alpha value is -2.62. The Morgan fingerprint density at radius 1 is 1.32 bits per heavy atom. The summed E-state index contributed by atoms with van der Waals surface area (Å²) in [7, 11) is -3.95. The molecule has 2 aromatic carbocycles. The van der Waals surface area contributed by atoms with Crippen LogP contribution in [0.3, 0.4) is 0 Å². The maximum Gasteiger partial charge on any atom is 0.262 e. The third-order valence-corrected chi connectivity index (χ3v) is 7.83. The highest BCUT2D eigenvalue weighted by Crippen LogP contribution is 2.36. The summed E-state index contributed by atoms with van der Waals surface area (Å²) in [5.41, 5.74) is 1.66. The summed E-state index contributed by atoms with van der Waals surface area (Å²) in [5, 5.41) is 6.01. The third-order valence-electron chi connectivity index (χ3n) is 5.41. The van der Waals surface area contributed by atoms with Crippen LogP contribution in [0.1, 0.15) is 24.0 Å². The Morgan fingerprint density at radius 2 is 2.10 bits per heavy atom. The number of carbonyl (C=O) groups is 2. The highest BCUT2D eigenvalue weighted by molar-refractivity contribution is 7.89. The van der Waals surface area contributed by atoms with Crippen molar-refractivity contribution in [2.24, 2.45) is 0 Å². The van der Waals surface area contributed by atoms with Gasteiger partial charge in [-0.05, 0) is 43.0 Å². The van der Waals surface area contributed by atoms with E-state index in [-0.39, 0.29) is 36.4 Å². The molecular formula is C21H22ClN3O5S. The number of hydrogen-bond acceptors (Lipinski definition) is 5. The molecule has 1 atom stereocenters. The van der Waals surface area contributed by atoms with Crippen LogP contribution in [0, 0.1) is 6.92 Å². The van der Waals surface area contributed by atoms with Gasteiger partial charge in [-0.2, -0.15) is 4.31 Å². The zero-order valence-electron chi connectivity index (χ0n) is 16.9. The number of anilines is 1. The SMILES string of the molecule is Cc1cc2c(cc1S(=O)(=O)N1CCC[C@H]1C(=O)NCc1ccccc1Cl)OCC(=O)N2. The van der Waals surface area contributed by atoms with Crippen LogP contribution in [0.2, 0.25) is 5.02 Å². The number of amides is 2. The molecule has 8 nitrogen and oxygen atoms in total. The molecule has 0 spiro atoms. The number of sulfonamides is 1. The molecule has 10 heteroatoms. The summed E-state index contributed by atoms with van der Waals surface area (Å²) in [6.07, 6.45) is 1.02. The van der Waals surface area contributed by atoms with Gasteiger partial charge >= 0.3 is 0 Å². The molecule has 2 N–H and O–H groups in total. The molecule has 31 heavy (non-hydrogen) atoms. The van der Waals surface area contributed by atoms with E-state index in [1.165, 1.54) is 10.4 Å². The predicted octanol–water partition coefficient (Wildman–Crippen LogP) is 2.45. The van der Waals surface area contributed by atoms with E-state index >= 15 is 0 Å². The van der Waals surface area contributed by atoms with Crippen LogP contribution in [0.5, 0.6) is 5.75 Å². The van der Waals surface area contributed by atoms with E-state index in [1.807, 2.05) is 6.07 Å². The average Bonchev–Trinajstić information content (AvgIpc) is 3.23. The molecule has 1 saturated heterocycles. The highest BCUT2D eigenvalue weighted by atomic mass is 35.5. The van der Waals surface area contributed by atoms with Gasteiger partial charge in [-0.15, -0.1) is 0 Å². The molecule has 0 aromatic heterocycles. The van der Waals surface area contributed by atoms with Gasteiger partial charge in [0.25, 0.3) is 5.91 Å². The standard InChI is InChI=1S/C21H22ClN3O5S/c1-13-9-16-18(30-12-20(26)24-16)10-19(13)31(28,29)25-8-4-7-17(25)21(27)23-11-14-5-2-3-6-15(14)22/h2-3,5-6,9-10,17H,4,7-8,11-12H2,1H3,(H,23,27)(H,24,26)/t17-/m0/s1. The second-order valence-corrected chi connectivity index (χ2v) is 9.80. The van der Waals surface area contributed by atoms with Crippen LogP contribution < -0.4 is 15.4 Å². The minimum atomic E-state index is -3.95. The minimum absolute atomic E-state index is 0.0632. The van der Waals surface area contributed by atoms with Crippen LogP contribution in [0.15, 0.2) is 41.3 Å². The number of nitrogens with one attached hydrogen (secondary N) is 2. The Bertz CT molecular complexity index is 1150. The number of hydrogen-bond donors (Lipinski definition) is 2. The molecule has 0 bridgehead atoms. The maximum absolute atomic E-state index is 13.4. The molecule has 0 unspecified atom stereocenters. The summed E-state index contributed by atoms with van der Waals surface area (Å²) >= 11 is 6.14. The van der Waals surface area contributed by atoms with Gasteiger partial charge in [-0.3, -0.25) is 9.59 Å². The fraction of sp³-hybridized carbons (Fsp3) is 0.333. The quantitative estimate of drug-likeness (QED) is 0.708. The number of benzene rings is 2. The minimum Gasteiger partial charge on any atom is -0.482 e. The lowest BCUT2D eigenvalue weighted by molar-refractivity contribution is -0.124. The normalized spacial score (nSPS) is 18.8. The lowest BCUT2D eigenvalue weighted by Gasteiger charge is -2.26. The van der Waals surface area contributed by atoms with E-state index in [4.69, 9.17) is 16.3 Å².